The van der Waals surface area contributed by atoms with Gasteiger partial charge in [-0.3, -0.25) is 4.79 Å². The zero-order valence-corrected chi connectivity index (χ0v) is 9.61. The number of carbonyl (C=O) groups is 1. The van der Waals surface area contributed by atoms with Crippen molar-refractivity contribution in [1.29, 1.82) is 0 Å². The number of ether oxygens (including phenoxy) is 1. The molecule has 0 aromatic carbocycles. The molecule has 2 N–H and O–H groups in total. The molecule has 4 nitrogen and oxygen atoms in total. The lowest BCUT2D eigenvalue weighted by molar-refractivity contribution is -0.123. The minimum Gasteiger partial charge on any atom is -0.380 e. The summed E-state index contributed by atoms with van der Waals surface area (Å²) in [7, 11) is 0. The van der Waals surface area contributed by atoms with E-state index in [2.05, 4.69) is 10.6 Å². The predicted octanol–water partition coefficient (Wildman–Crippen LogP) is 0.261. The number of amides is 1. The van der Waals surface area contributed by atoms with Crippen molar-refractivity contribution in [3.05, 3.63) is 0 Å². The largest absolute Gasteiger partial charge is 0.380 e. The Hall–Kier alpha value is -0.390. The van der Waals surface area contributed by atoms with Gasteiger partial charge in [-0.05, 0) is 6.92 Å². The van der Waals surface area contributed by atoms with Crippen LogP contribution in [0.2, 0.25) is 0 Å². The van der Waals surface area contributed by atoms with Gasteiger partial charge < -0.3 is 15.4 Å². The third kappa shape index (κ3) is 5.30. The summed E-state index contributed by atoms with van der Waals surface area (Å²) in [4.78, 5) is 11.4. The quantitative estimate of drug-likeness (QED) is 0.678. The first-order valence-corrected chi connectivity index (χ1v) is 4.97. The fourth-order valence-electron chi connectivity index (χ4n) is 1.41. The van der Waals surface area contributed by atoms with Crippen molar-refractivity contribution in [2.45, 2.75) is 25.6 Å². The van der Waals surface area contributed by atoms with Crippen molar-refractivity contribution in [2.75, 3.05) is 26.3 Å². The van der Waals surface area contributed by atoms with Crippen LogP contribution in [0.25, 0.3) is 0 Å². The average molecular weight is 241 g/mol. The molecule has 0 radical (unpaired) electrons. The van der Waals surface area contributed by atoms with Crippen LogP contribution in [0.4, 0.5) is 4.39 Å². The van der Waals surface area contributed by atoms with Gasteiger partial charge in [0.2, 0.25) is 5.91 Å². The van der Waals surface area contributed by atoms with E-state index in [1.807, 2.05) is 6.92 Å². The van der Waals surface area contributed by atoms with Crippen LogP contribution in [0.1, 0.15) is 13.3 Å². The van der Waals surface area contributed by atoms with Gasteiger partial charge in [0.05, 0.1) is 12.6 Å². The van der Waals surface area contributed by atoms with E-state index < -0.39 is 6.17 Å². The van der Waals surface area contributed by atoms with E-state index in [0.29, 0.717) is 19.8 Å². The fraction of sp³-hybridized carbons (Fsp3) is 0.889. The molecule has 1 rings (SSSR count). The maximum Gasteiger partial charge on any atom is 0.237 e. The summed E-state index contributed by atoms with van der Waals surface area (Å²) in [6.45, 7) is 3.82. The number of halogens is 2. The molecule has 6 heteroatoms. The number of nitrogens with one attached hydrogen (secondary N) is 2. The molecule has 0 aromatic rings. The second-order valence-corrected chi connectivity index (χ2v) is 3.28. The first-order valence-electron chi connectivity index (χ1n) is 4.97. The highest BCUT2D eigenvalue weighted by molar-refractivity contribution is 5.85. The molecule has 1 saturated heterocycles. The average Bonchev–Trinajstić information content (AvgIpc) is 2.59. The van der Waals surface area contributed by atoms with Crippen LogP contribution < -0.4 is 10.6 Å². The Kier molecular flexibility index (Phi) is 7.64. The molecule has 15 heavy (non-hydrogen) atoms. The van der Waals surface area contributed by atoms with Crippen LogP contribution in [0, 0.1) is 0 Å². The van der Waals surface area contributed by atoms with Crippen LogP contribution >= 0.6 is 12.4 Å². The van der Waals surface area contributed by atoms with E-state index >= 15 is 0 Å². The van der Waals surface area contributed by atoms with Gasteiger partial charge in [-0.1, -0.05) is 0 Å². The molecule has 1 heterocycles. The van der Waals surface area contributed by atoms with Crippen LogP contribution in [-0.4, -0.2) is 44.4 Å². The normalized spacial score (nSPS) is 24.7. The van der Waals surface area contributed by atoms with Crippen molar-refractivity contribution < 1.29 is 13.9 Å². The van der Waals surface area contributed by atoms with Crippen molar-refractivity contribution >= 4 is 18.3 Å². The lowest BCUT2D eigenvalue weighted by Crippen LogP contribution is -2.41. The topological polar surface area (TPSA) is 50.4 Å². The van der Waals surface area contributed by atoms with Gasteiger partial charge in [-0.2, -0.15) is 0 Å². The first-order chi connectivity index (χ1) is 6.74. The lowest BCUT2D eigenvalue weighted by atomic mass is 10.2. The molecule has 90 valence electrons. The van der Waals surface area contributed by atoms with Crippen LogP contribution in [0.5, 0.6) is 0 Å². The number of rotatable bonds is 5. The van der Waals surface area contributed by atoms with Gasteiger partial charge in [0.15, 0.2) is 0 Å². The highest BCUT2D eigenvalue weighted by Gasteiger charge is 2.28. The Bertz CT molecular complexity index is 195. The molecule has 1 amide bonds. The molecule has 0 spiro atoms. The SMILES string of the molecule is CCOCCNC(=O)[C@H]1C[C@H](F)CN1.Cl. The van der Waals surface area contributed by atoms with Crippen LogP contribution in [-0.2, 0) is 9.53 Å². The summed E-state index contributed by atoms with van der Waals surface area (Å²) in [5.74, 6) is -0.134. The minimum atomic E-state index is -0.891. The fourth-order valence-corrected chi connectivity index (χ4v) is 1.41. The van der Waals surface area contributed by atoms with Crippen molar-refractivity contribution in [3.63, 3.8) is 0 Å². The highest BCUT2D eigenvalue weighted by Crippen LogP contribution is 2.09. The van der Waals surface area contributed by atoms with E-state index in [1.165, 1.54) is 0 Å². The molecule has 0 unspecified atom stereocenters. The van der Waals surface area contributed by atoms with Gasteiger partial charge in [-0.25, -0.2) is 4.39 Å². The Morgan fingerprint density at radius 2 is 2.40 bits per heavy atom. The highest BCUT2D eigenvalue weighted by atomic mass is 35.5. The molecule has 2 atom stereocenters. The lowest BCUT2D eigenvalue weighted by Gasteiger charge is -2.10. The van der Waals surface area contributed by atoms with Gasteiger partial charge in [0.25, 0.3) is 0 Å². The van der Waals surface area contributed by atoms with Gasteiger partial charge in [0.1, 0.15) is 6.17 Å². The Balaban J connectivity index is 0.00000196. The number of alkyl halides is 1. The Labute approximate surface area is 95.3 Å². The smallest absolute Gasteiger partial charge is 0.237 e. The molecular weight excluding hydrogens is 223 g/mol. The first kappa shape index (κ1) is 14.6. The minimum absolute atomic E-state index is 0. The summed E-state index contributed by atoms with van der Waals surface area (Å²) in [6, 6.07) is -0.369. The molecule has 0 aliphatic carbocycles. The summed E-state index contributed by atoms with van der Waals surface area (Å²) in [6.07, 6.45) is -0.613. The second-order valence-electron chi connectivity index (χ2n) is 3.28. The molecular formula is C9H18ClFN2O2. The zero-order valence-electron chi connectivity index (χ0n) is 8.79. The van der Waals surface area contributed by atoms with E-state index in [9.17, 15) is 9.18 Å². The Morgan fingerprint density at radius 1 is 1.67 bits per heavy atom. The summed E-state index contributed by atoms with van der Waals surface area (Å²) in [5.41, 5.74) is 0. The summed E-state index contributed by atoms with van der Waals surface area (Å²) < 4.78 is 17.8. The van der Waals surface area contributed by atoms with Crippen LogP contribution in [0.15, 0.2) is 0 Å². The summed E-state index contributed by atoms with van der Waals surface area (Å²) in [5, 5.41) is 5.51. The van der Waals surface area contributed by atoms with E-state index in [-0.39, 0.29) is 37.3 Å². The third-order valence-corrected chi connectivity index (χ3v) is 2.14. The molecule has 1 aliphatic rings. The number of hydrogen-bond acceptors (Lipinski definition) is 3. The van der Waals surface area contributed by atoms with E-state index in [1.54, 1.807) is 0 Å². The van der Waals surface area contributed by atoms with E-state index in [0.717, 1.165) is 0 Å². The second kappa shape index (κ2) is 7.84. The Morgan fingerprint density at radius 3 is 2.93 bits per heavy atom. The molecule has 1 aliphatic heterocycles. The summed E-state index contributed by atoms with van der Waals surface area (Å²) >= 11 is 0. The third-order valence-electron chi connectivity index (χ3n) is 2.14. The maximum absolute atomic E-state index is 12.7. The predicted molar refractivity (Wildman–Crippen MR) is 58.1 cm³/mol. The molecule has 0 bridgehead atoms. The van der Waals surface area contributed by atoms with Crippen molar-refractivity contribution in [3.8, 4) is 0 Å². The molecule has 0 saturated carbocycles. The zero-order chi connectivity index (χ0) is 10.4. The maximum atomic E-state index is 12.7. The number of hydrogen-bond donors (Lipinski definition) is 2. The van der Waals surface area contributed by atoms with Crippen LogP contribution in [0.3, 0.4) is 0 Å². The number of carbonyl (C=O) groups excluding carboxylic acids is 1. The van der Waals surface area contributed by atoms with Gasteiger partial charge in [-0.15, -0.1) is 12.4 Å². The van der Waals surface area contributed by atoms with E-state index in [4.69, 9.17) is 4.74 Å². The van der Waals surface area contributed by atoms with Gasteiger partial charge >= 0.3 is 0 Å². The standard InChI is InChI=1S/C9H17FN2O2.ClH/c1-2-14-4-3-11-9(13)8-5-7(10)6-12-8;/h7-8,12H,2-6H2,1H3,(H,11,13);1H/t7-,8+;/m0./s1. The molecule has 1 fully saturated rings. The molecule has 0 aromatic heterocycles. The van der Waals surface area contributed by atoms with Crippen molar-refractivity contribution in [1.82, 2.24) is 10.6 Å². The van der Waals surface area contributed by atoms with Crippen molar-refractivity contribution in [2.24, 2.45) is 0 Å². The monoisotopic (exact) mass is 240 g/mol. The van der Waals surface area contributed by atoms with Gasteiger partial charge in [0, 0.05) is 26.1 Å².